The number of amides is 1. The van der Waals surface area contributed by atoms with Crippen LogP contribution in [0, 0.1) is 11.8 Å². The first-order valence-corrected chi connectivity index (χ1v) is 10.5. The van der Waals surface area contributed by atoms with Crippen LogP contribution in [0.4, 0.5) is 0 Å². The van der Waals surface area contributed by atoms with Crippen LogP contribution in [-0.4, -0.2) is 42.7 Å². The van der Waals surface area contributed by atoms with E-state index in [4.69, 9.17) is 4.42 Å². The number of hydrogen-bond donors (Lipinski definition) is 1. The van der Waals surface area contributed by atoms with Crippen LogP contribution in [0.2, 0.25) is 0 Å². The molecule has 26 heavy (non-hydrogen) atoms. The van der Waals surface area contributed by atoms with Crippen LogP contribution in [0.5, 0.6) is 0 Å². The quantitative estimate of drug-likeness (QED) is 0.785. The number of sulfonamides is 1. The average Bonchev–Trinajstić information content (AvgIpc) is 3.28. The molecule has 140 valence electrons. The SMILES string of the molecule is C=CC(=O)NC1C(C)CN(S(=O)(=O)c2ccc(-c3cnco3)s2)CC1C. The molecule has 3 rings (SSSR count). The van der Waals surface area contributed by atoms with E-state index >= 15 is 0 Å². The van der Waals surface area contributed by atoms with E-state index < -0.39 is 10.0 Å². The van der Waals surface area contributed by atoms with Crippen molar-refractivity contribution in [3.8, 4) is 10.6 Å². The van der Waals surface area contributed by atoms with Gasteiger partial charge in [0.2, 0.25) is 5.91 Å². The van der Waals surface area contributed by atoms with Gasteiger partial charge in [-0.05, 0) is 30.0 Å². The van der Waals surface area contributed by atoms with Gasteiger partial charge in [-0.1, -0.05) is 20.4 Å². The summed E-state index contributed by atoms with van der Waals surface area (Å²) in [6.45, 7) is 8.06. The molecule has 1 fully saturated rings. The molecule has 0 spiro atoms. The summed E-state index contributed by atoms with van der Waals surface area (Å²) in [5.41, 5.74) is 0. The first-order valence-electron chi connectivity index (χ1n) is 8.24. The van der Waals surface area contributed by atoms with Gasteiger partial charge >= 0.3 is 0 Å². The lowest BCUT2D eigenvalue weighted by Crippen LogP contribution is -2.55. The van der Waals surface area contributed by atoms with Gasteiger partial charge in [0.05, 0.1) is 11.1 Å². The third-order valence-corrected chi connectivity index (χ3v) is 7.95. The number of carbonyl (C=O) groups excluding carboxylic acids is 1. The fourth-order valence-electron chi connectivity index (χ4n) is 3.26. The highest BCUT2D eigenvalue weighted by Crippen LogP contribution is 2.34. The molecular weight excluding hydrogens is 374 g/mol. The molecule has 9 heteroatoms. The minimum absolute atomic E-state index is 0.00821. The van der Waals surface area contributed by atoms with Crippen LogP contribution >= 0.6 is 11.3 Å². The van der Waals surface area contributed by atoms with E-state index in [1.165, 1.54) is 16.8 Å². The second-order valence-electron chi connectivity index (χ2n) is 6.50. The third-order valence-electron chi connectivity index (χ3n) is 4.55. The summed E-state index contributed by atoms with van der Waals surface area (Å²) in [5, 5.41) is 2.91. The summed E-state index contributed by atoms with van der Waals surface area (Å²) in [6.07, 6.45) is 4.11. The fourth-order valence-corrected chi connectivity index (χ4v) is 6.32. The van der Waals surface area contributed by atoms with Gasteiger partial charge in [0.15, 0.2) is 12.2 Å². The highest BCUT2D eigenvalue weighted by Gasteiger charge is 2.38. The van der Waals surface area contributed by atoms with Crippen LogP contribution in [0.1, 0.15) is 13.8 Å². The third kappa shape index (κ3) is 3.60. The maximum atomic E-state index is 13.0. The molecule has 1 saturated heterocycles. The van der Waals surface area contributed by atoms with Crippen molar-refractivity contribution < 1.29 is 17.6 Å². The molecule has 2 aromatic rings. The molecule has 2 aromatic heterocycles. The van der Waals surface area contributed by atoms with Crippen molar-refractivity contribution in [1.29, 1.82) is 0 Å². The van der Waals surface area contributed by atoms with E-state index in [1.807, 2.05) is 13.8 Å². The summed E-state index contributed by atoms with van der Waals surface area (Å²) < 4.78 is 33.1. The molecule has 1 aliphatic heterocycles. The zero-order valence-corrected chi connectivity index (χ0v) is 16.2. The van der Waals surface area contributed by atoms with E-state index in [0.29, 0.717) is 18.8 Å². The van der Waals surface area contributed by atoms with Crippen LogP contribution in [-0.2, 0) is 14.8 Å². The Morgan fingerprint density at radius 2 is 2.08 bits per heavy atom. The highest BCUT2D eigenvalue weighted by atomic mass is 32.2. The zero-order valence-electron chi connectivity index (χ0n) is 14.6. The highest BCUT2D eigenvalue weighted by molar-refractivity contribution is 7.91. The Morgan fingerprint density at radius 1 is 1.38 bits per heavy atom. The molecule has 0 bridgehead atoms. The maximum absolute atomic E-state index is 13.0. The molecule has 0 aliphatic carbocycles. The van der Waals surface area contributed by atoms with Crippen molar-refractivity contribution in [3.63, 3.8) is 0 Å². The van der Waals surface area contributed by atoms with E-state index in [9.17, 15) is 13.2 Å². The number of nitrogens with zero attached hydrogens (tertiary/aromatic N) is 2. The lowest BCUT2D eigenvalue weighted by Gasteiger charge is -2.40. The van der Waals surface area contributed by atoms with Crippen LogP contribution in [0.15, 0.2) is 46.0 Å². The molecule has 0 radical (unpaired) electrons. The first-order chi connectivity index (χ1) is 12.3. The number of carbonyl (C=O) groups is 1. The Bertz CT molecular complexity index is 877. The number of thiophene rings is 1. The average molecular weight is 396 g/mol. The van der Waals surface area contributed by atoms with Crippen molar-refractivity contribution in [2.75, 3.05) is 13.1 Å². The number of nitrogens with one attached hydrogen (secondary N) is 1. The van der Waals surface area contributed by atoms with Crippen molar-refractivity contribution in [3.05, 3.63) is 37.4 Å². The zero-order chi connectivity index (χ0) is 18.9. The van der Waals surface area contributed by atoms with Crippen LogP contribution in [0.3, 0.4) is 0 Å². The fraction of sp³-hybridized carbons (Fsp3) is 0.412. The van der Waals surface area contributed by atoms with Gasteiger partial charge in [0.1, 0.15) is 4.21 Å². The molecule has 3 heterocycles. The second-order valence-corrected chi connectivity index (χ2v) is 9.75. The monoisotopic (exact) mass is 395 g/mol. The Balaban J connectivity index is 1.78. The van der Waals surface area contributed by atoms with Gasteiger partial charge in [-0.15, -0.1) is 11.3 Å². The summed E-state index contributed by atoms with van der Waals surface area (Å²) >= 11 is 1.16. The van der Waals surface area contributed by atoms with Gasteiger partial charge in [0.25, 0.3) is 10.0 Å². The molecular formula is C17H21N3O4S2. The van der Waals surface area contributed by atoms with Crippen LogP contribution < -0.4 is 5.32 Å². The number of rotatable bonds is 5. The summed E-state index contributed by atoms with van der Waals surface area (Å²) in [4.78, 5) is 16.2. The summed E-state index contributed by atoms with van der Waals surface area (Å²) in [6, 6.07) is 3.24. The molecule has 1 amide bonds. The van der Waals surface area contributed by atoms with Gasteiger partial charge in [-0.25, -0.2) is 13.4 Å². The largest absolute Gasteiger partial charge is 0.443 e. The predicted octanol–water partition coefficient (Wildman–Crippen LogP) is 2.35. The Labute approximate surface area is 156 Å². The molecule has 0 saturated carbocycles. The van der Waals surface area contributed by atoms with Crippen molar-refractivity contribution in [1.82, 2.24) is 14.6 Å². The second kappa shape index (κ2) is 7.34. The lowest BCUT2D eigenvalue weighted by molar-refractivity contribution is -0.118. The molecule has 0 aromatic carbocycles. The van der Waals surface area contributed by atoms with Gasteiger partial charge in [-0.2, -0.15) is 4.31 Å². The predicted molar refractivity (Wildman–Crippen MR) is 99.0 cm³/mol. The van der Waals surface area contributed by atoms with Crippen molar-refractivity contribution in [2.45, 2.75) is 24.1 Å². The molecule has 1 aliphatic rings. The number of aromatic nitrogens is 1. The van der Waals surface area contributed by atoms with Crippen molar-refractivity contribution in [2.24, 2.45) is 11.8 Å². The Morgan fingerprint density at radius 3 is 2.65 bits per heavy atom. The minimum Gasteiger partial charge on any atom is -0.443 e. The standard InChI is InChI=1S/C17H21N3O4S2/c1-4-15(21)19-17-11(2)8-20(9-12(17)3)26(22,23)16-6-5-14(25-16)13-7-18-10-24-13/h4-7,10-12,17H,1,8-9H2,2-3H3,(H,19,21). The Hall–Kier alpha value is -1.97. The smallest absolute Gasteiger partial charge is 0.252 e. The number of oxazole rings is 1. The Kier molecular flexibility index (Phi) is 5.31. The number of hydrogen-bond acceptors (Lipinski definition) is 6. The van der Waals surface area contributed by atoms with Gasteiger partial charge < -0.3 is 9.73 Å². The minimum atomic E-state index is -3.60. The van der Waals surface area contributed by atoms with E-state index in [2.05, 4.69) is 16.9 Å². The van der Waals surface area contributed by atoms with E-state index in [-0.39, 0.29) is 28.0 Å². The molecule has 7 nitrogen and oxygen atoms in total. The topological polar surface area (TPSA) is 92.5 Å². The van der Waals surface area contributed by atoms with E-state index in [1.54, 1.807) is 18.3 Å². The first kappa shape index (κ1) is 18.8. The van der Waals surface area contributed by atoms with Crippen LogP contribution in [0.25, 0.3) is 10.6 Å². The maximum Gasteiger partial charge on any atom is 0.252 e. The summed E-state index contributed by atoms with van der Waals surface area (Å²) in [7, 11) is -3.60. The van der Waals surface area contributed by atoms with Gasteiger partial charge in [0, 0.05) is 19.1 Å². The normalized spacial score (nSPS) is 24.3. The lowest BCUT2D eigenvalue weighted by atomic mass is 9.87. The molecule has 2 unspecified atom stereocenters. The number of piperidine rings is 1. The van der Waals surface area contributed by atoms with E-state index in [0.717, 1.165) is 16.2 Å². The summed E-state index contributed by atoms with van der Waals surface area (Å²) in [5.74, 6) is 0.293. The van der Waals surface area contributed by atoms with Gasteiger partial charge in [-0.3, -0.25) is 4.79 Å². The van der Waals surface area contributed by atoms with Crippen molar-refractivity contribution >= 4 is 27.3 Å². The molecule has 1 N–H and O–H groups in total. The molecule has 2 atom stereocenters.